The van der Waals surface area contributed by atoms with E-state index in [1.54, 1.807) is 12.1 Å². The van der Waals surface area contributed by atoms with Crippen molar-refractivity contribution in [3.05, 3.63) is 77.1 Å². The molecule has 0 spiro atoms. The molecule has 0 unspecified atom stereocenters. The third kappa shape index (κ3) is 2.56. The summed E-state index contributed by atoms with van der Waals surface area (Å²) in [5, 5.41) is 21.2. The Labute approximate surface area is 158 Å². The maximum absolute atomic E-state index is 13.6. The molecule has 6 nitrogen and oxygen atoms in total. The summed E-state index contributed by atoms with van der Waals surface area (Å²) < 4.78 is 18.7. The number of rotatable bonds is 3. The lowest BCUT2D eigenvalue weighted by Crippen LogP contribution is -2.22. The zero-order chi connectivity index (χ0) is 20.0. The van der Waals surface area contributed by atoms with E-state index in [1.807, 2.05) is 0 Å². The largest absolute Gasteiger partial charge is 0.504 e. The highest BCUT2D eigenvalue weighted by Crippen LogP contribution is 2.37. The number of halogens is 1. The first-order valence-electron chi connectivity index (χ1n) is 8.29. The molecule has 1 aliphatic carbocycles. The monoisotopic (exact) mass is 379 g/mol. The highest BCUT2D eigenvalue weighted by Gasteiger charge is 2.37. The van der Waals surface area contributed by atoms with Crippen LogP contribution in [0.4, 0.5) is 4.39 Å². The van der Waals surface area contributed by atoms with Crippen LogP contribution in [-0.2, 0) is 9.59 Å². The Balaban J connectivity index is 1.86. The van der Waals surface area contributed by atoms with Crippen molar-refractivity contribution in [2.75, 3.05) is 7.11 Å². The van der Waals surface area contributed by atoms with Crippen molar-refractivity contribution in [1.82, 2.24) is 4.98 Å². The van der Waals surface area contributed by atoms with Crippen molar-refractivity contribution in [2.45, 2.75) is 0 Å². The van der Waals surface area contributed by atoms with Gasteiger partial charge in [-0.15, -0.1) is 0 Å². The number of carbonyl (C=O) groups is 2. The van der Waals surface area contributed by atoms with Crippen LogP contribution in [0.2, 0.25) is 0 Å². The molecule has 140 valence electrons. The molecule has 1 aliphatic rings. The molecule has 3 N–H and O–H groups in total. The van der Waals surface area contributed by atoms with Crippen molar-refractivity contribution < 1.29 is 28.9 Å². The van der Waals surface area contributed by atoms with Crippen LogP contribution >= 0.6 is 0 Å². The van der Waals surface area contributed by atoms with Crippen LogP contribution in [0, 0.1) is 5.82 Å². The van der Waals surface area contributed by atoms with E-state index < -0.39 is 28.9 Å². The number of ether oxygens (including phenoxy) is 1. The first kappa shape index (κ1) is 17.5. The lowest BCUT2D eigenvalue weighted by molar-refractivity contribution is -0.116. The fourth-order valence-electron chi connectivity index (χ4n) is 3.25. The molecule has 4 rings (SSSR count). The average Bonchev–Trinajstić information content (AvgIpc) is 3.10. The van der Waals surface area contributed by atoms with Crippen LogP contribution in [-0.4, -0.2) is 33.9 Å². The molecular weight excluding hydrogens is 365 g/mol. The summed E-state index contributed by atoms with van der Waals surface area (Å²) in [6.07, 6.45) is 1.38. The molecule has 28 heavy (non-hydrogen) atoms. The summed E-state index contributed by atoms with van der Waals surface area (Å²) in [7, 11) is 1.48. The molecule has 1 heterocycles. The van der Waals surface area contributed by atoms with Gasteiger partial charge in [0.05, 0.1) is 18.3 Å². The second-order valence-electron chi connectivity index (χ2n) is 6.23. The Morgan fingerprint density at radius 1 is 0.929 bits per heavy atom. The summed E-state index contributed by atoms with van der Waals surface area (Å²) in [6.45, 7) is 0. The molecule has 0 atom stereocenters. The van der Waals surface area contributed by atoms with E-state index in [0.29, 0.717) is 16.7 Å². The lowest BCUT2D eigenvalue weighted by Gasteiger charge is -2.18. The predicted octanol–water partition coefficient (Wildman–Crippen LogP) is 3.71. The zero-order valence-electron chi connectivity index (χ0n) is 14.6. The number of aliphatic hydroxyl groups excluding tert-OH is 2. The minimum absolute atomic E-state index is 0.130. The summed E-state index contributed by atoms with van der Waals surface area (Å²) in [5.74, 6) is -3.43. The topological polar surface area (TPSA) is 99.6 Å². The number of fused-ring (bicyclic) bond motifs is 1. The number of Topliss-reactive ketones (excluding diaryl/α,β-unsaturated/α-hetero) is 2. The van der Waals surface area contributed by atoms with Gasteiger partial charge in [-0.2, -0.15) is 0 Å². The van der Waals surface area contributed by atoms with Gasteiger partial charge in [0, 0.05) is 22.7 Å². The van der Waals surface area contributed by atoms with E-state index in [2.05, 4.69) is 4.98 Å². The van der Waals surface area contributed by atoms with Gasteiger partial charge >= 0.3 is 0 Å². The number of methoxy groups -OCH3 is 1. The smallest absolute Gasteiger partial charge is 0.232 e. The van der Waals surface area contributed by atoms with Crippen LogP contribution in [0.15, 0.2) is 60.2 Å². The standard InChI is InChI=1S/C21H14FNO5/c1-28-12-5-2-10(3-6-12)16-18(24)20(26)17(21(27)19(16)25)14-9-23-15-7-4-11(22)8-13(14)15/h2-9,23-24,27H,1H3. The molecule has 3 aromatic rings. The Morgan fingerprint density at radius 2 is 1.57 bits per heavy atom. The summed E-state index contributed by atoms with van der Waals surface area (Å²) in [4.78, 5) is 28.4. The Bertz CT molecular complexity index is 1200. The number of aliphatic hydroxyl groups is 2. The summed E-state index contributed by atoms with van der Waals surface area (Å²) in [6, 6.07) is 10.0. The van der Waals surface area contributed by atoms with Gasteiger partial charge in [0.15, 0.2) is 11.5 Å². The molecule has 0 aliphatic heterocycles. The van der Waals surface area contributed by atoms with Crippen LogP contribution < -0.4 is 4.74 Å². The maximum atomic E-state index is 13.6. The second kappa shape index (κ2) is 6.38. The van der Waals surface area contributed by atoms with Gasteiger partial charge in [-0.1, -0.05) is 12.1 Å². The van der Waals surface area contributed by atoms with Gasteiger partial charge in [0.1, 0.15) is 11.6 Å². The molecule has 0 radical (unpaired) electrons. The number of ketones is 2. The predicted molar refractivity (Wildman–Crippen MR) is 100 cm³/mol. The average molecular weight is 379 g/mol. The van der Waals surface area contributed by atoms with Gasteiger partial charge < -0.3 is 19.9 Å². The van der Waals surface area contributed by atoms with E-state index in [0.717, 1.165) is 0 Å². The molecule has 0 fully saturated rings. The van der Waals surface area contributed by atoms with E-state index in [9.17, 15) is 24.2 Å². The van der Waals surface area contributed by atoms with Crippen molar-refractivity contribution in [1.29, 1.82) is 0 Å². The SMILES string of the molecule is COc1ccc(C2=C(O)C(=O)C(c3c[nH]c4ccc(F)cc34)=C(O)C2=O)cc1. The van der Waals surface area contributed by atoms with Gasteiger partial charge in [-0.3, -0.25) is 9.59 Å². The van der Waals surface area contributed by atoms with E-state index in [4.69, 9.17) is 4.74 Å². The molecular formula is C21H14FNO5. The number of hydrogen-bond acceptors (Lipinski definition) is 5. The fraction of sp³-hybridized carbons (Fsp3) is 0.0476. The highest BCUT2D eigenvalue weighted by atomic mass is 19.1. The molecule has 0 saturated carbocycles. The highest BCUT2D eigenvalue weighted by molar-refractivity contribution is 6.47. The first-order chi connectivity index (χ1) is 13.4. The molecule has 0 bridgehead atoms. The van der Waals surface area contributed by atoms with Crippen molar-refractivity contribution in [3.63, 3.8) is 0 Å². The van der Waals surface area contributed by atoms with E-state index >= 15 is 0 Å². The Hall–Kier alpha value is -3.87. The van der Waals surface area contributed by atoms with Crippen LogP contribution in [0.5, 0.6) is 5.75 Å². The number of aromatic amines is 1. The Kier molecular flexibility index (Phi) is 4.00. The van der Waals surface area contributed by atoms with Crippen LogP contribution in [0.25, 0.3) is 22.0 Å². The van der Waals surface area contributed by atoms with Crippen LogP contribution in [0.3, 0.4) is 0 Å². The molecule has 0 amide bonds. The van der Waals surface area contributed by atoms with E-state index in [-0.39, 0.29) is 22.3 Å². The van der Waals surface area contributed by atoms with E-state index in [1.165, 1.54) is 43.6 Å². The van der Waals surface area contributed by atoms with Gasteiger partial charge in [0.25, 0.3) is 0 Å². The molecule has 1 aromatic heterocycles. The molecule has 0 saturated heterocycles. The third-order valence-corrected chi connectivity index (χ3v) is 4.65. The fourth-order valence-corrected chi connectivity index (χ4v) is 3.25. The third-order valence-electron chi connectivity index (χ3n) is 4.65. The quantitative estimate of drug-likeness (QED) is 0.603. The lowest BCUT2D eigenvalue weighted by atomic mass is 9.86. The zero-order valence-corrected chi connectivity index (χ0v) is 14.6. The molecule has 2 aromatic carbocycles. The van der Waals surface area contributed by atoms with Gasteiger partial charge in [0.2, 0.25) is 11.6 Å². The van der Waals surface area contributed by atoms with Crippen molar-refractivity contribution in [3.8, 4) is 5.75 Å². The summed E-state index contributed by atoms with van der Waals surface area (Å²) in [5.41, 5.74) is 0.218. The van der Waals surface area contributed by atoms with Crippen LogP contribution in [0.1, 0.15) is 11.1 Å². The maximum Gasteiger partial charge on any atom is 0.232 e. The second-order valence-corrected chi connectivity index (χ2v) is 6.23. The van der Waals surface area contributed by atoms with Gasteiger partial charge in [-0.05, 0) is 35.9 Å². The Morgan fingerprint density at radius 3 is 2.25 bits per heavy atom. The number of H-pyrrole nitrogens is 1. The number of allylic oxidation sites excluding steroid dienone is 2. The summed E-state index contributed by atoms with van der Waals surface area (Å²) >= 11 is 0. The number of benzene rings is 2. The number of aromatic nitrogens is 1. The number of nitrogens with one attached hydrogen (secondary N) is 1. The minimum atomic E-state index is -0.923. The minimum Gasteiger partial charge on any atom is -0.504 e. The van der Waals surface area contributed by atoms with Gasteiger partial charge in [-0.25, -0.2) is 4.39 Å². The molecule has 7 heteroatoms. The normalized spacial score (nSPS) is 14.9. The van der Waals surface area contributed by atoms with Crippen molar-refractivity contribution in [2.24, 2.45) is 0 Å². The number of carbonyl (C=O) groups excluding carboxylic acids is 2. The number of hydrogen-bond donors (Lipinski definition) is 3. The first-order valence-corrected chi connectivity index (χ1v) is 8.29. The van der Waals surface area contributed by atoms with Crippen molar-refractivity contribution >= 4 is 33.6 Å².